The molecule has 2 rings (SSSR count). The predicted octanol–water partition coefficient (Wildman–Crippen LogP) is 3.43. The summed E-state index contributed by atoms with van der Waals surface area (Å²) < 4.78 is 5.88. The molecule has 21 heavy (non-hydrogen) atoms. The Morgan fingerprint density at radius 1 is 1.24 bits per heavy atom. The van der Waals surface area contributed by atoms with Gasteiger partial charge >= 0.3 is 0 Å². The summed E-state index contributed by atoms with van der Waals surface area (Å²) in [5.74, 6) is 0. The summed E-state index contributed by atoms with van der Waals surface area (Å²) in [6, 6.07) is 1.34. The molecule has 1 aliphatic heterocycles. The highest BCUT2D eigenvalue weighted by Crippen LogP contribution is 2.37. The lowest BCUT2D eigenvalue weighted by molar-refractivity contribution is 0.0205. The van der Waals surface area contributed by atoms with E-state index in [9.17, 15) is 0 Å². The summed E-state index contributed by atoms with van der Waals surface area (Å²) in [4.78, 5) is 2.70. The molecule has 2 fully saturated rings. The van der Waals surface area contributed by atoms with E-state index in [1.165, 1.54) is 38.5 Å². The van der Waals surface area contributed by atoms with Crippen LogP contribution in [0.15, 0.2) is 0 Å². The number of hydrogen-bond acceptors (Lipinski definition) is 3. The van der Waals surface area contributed by atoms with Gasteiger partial charge in [0.05, 0.1) is 6.10 Å². The molecule has 0 bridgehead atoms. The van der Waals surface area contributed by atoms with Crippen LogP contribution in [0.3, 0.4) is 0 Å². The van der Waals surface area contributed by atoms with Crippen LogP contribution in [0.4, 0.5) is 0 Å². The minimum atomic E-state index is 0.474. The molecule has 0 spiro atoms. The van der Waals surface area contributed by atoms with Crippen LogP contribution in [0.25, 0.3) is 0 Å². The smallest absolute Gasteiger partial charge is 0.0702 e. The van der Waals surface area contributed by atoms with Gasteiger partial charge in [0.25, 0.3) is 0 Å². The topological polar surface area (TPSA) is 24.5 Å². The molecule has 3 unspecified atom stereocenters. The van der Waals surface area contributed by atoms with Crippen LogP contribution in [0.2, 0.25) is 0 Å². The summed E-state index contributed by atoms with van der Waals surface area (Å²) in [6.45, 7) is 13.8. The van der Waals surface area contributed by atoms with Gasteiger partial charge in [0.15, 0.2) is 0 Å². The van der Waals surface area contributed by atoms with Gasteiger partial charge in [-0.25, -0.2) is 0 Å². The van der Waals surface area contributed by atoms with Crippen LogP contribution >= 0.6 is 0 Å². The van der Waals surface area contributed by atoms with E-state index in [4.69, 9.17) is 4.74 Å². The Morgan fingerprint density at radius 3 is 2.67 bits per heavy atom. The van der Waals surface area contributed by atoms with Crippen molar-refractivity contribution in [1.82, 2.24) is 10.2 Å². The summed E-state index contributed by atoms with van der Waals surface area (Å²) in [7, 11) is 0. The van der Waals surface area contributed by atoms with E-state index < -0.39 is 0 Å². The highest BCUT2D eigenvalue weighted by molar-refractivity contribution is 4.95. The third-order valence-electron chi connectivity index (χ3n) is 5.35. The molecule has 3 heteroatoms. The third kappa shape index (κ3) is 4.94. The van der Waals surface area contributed by atoms with Crippen molar-refractivity contribution in [1.29, 1.82) is 0 Å². The number of ether oxygens (including phenoxy) is 1. The van der Waals surface area contributed by atoms with E-state index in [-0.39, 0.29) is 0 Å². The highest BCUT2D eigenvalue weighted by Gasteiger charge is 2.38. The van der Waals surface area contributed by atoms with Crippen molar-refractivity contribution in [3.05, 3.63) is 0 Å². The van der Waals surface area contributed by atoms with E-state index >= 15 is 0 Å². The third-order valence-corrected chi connectivity index (χ3v) is 5.35. The maximum atomic E-state index is 5.88. The molecule has 1 heterocycles. The molecule has 1 saturated carbocycles. The Balaban J connectivity index is 2.00. The zero-order valence-electron chi connectivity index (χ0n) is 14.7. The molecular weight excluding hydrogens is 260 g/mol. The molecule has 0 aromatic rings. The normalized spacial score (nSPS) is 32.7. The Kier molecular flexibility index (Phi) is 6.51. The molecule has 0 amide bonds. The summed E-state index contributed by atoms with van der Waals surface area (Å²) in [5, 5.41) is 3.82. The molecule has 0 aromatic carbocycles. The summed E-state index contributed by atoms with van der Waals surface area (Å²) in [5.41, 5.74) is 0.485. The van der Waals surface area contributed by atoms with Crippen molar-refractivity contribution >= 4 is 0 Å². The monoisotopic (exact) mass is 296 g/mol. The van der Waals surface area contributed by atoms with Crippen molar-refractivity contribution in [2.75, 3.05) is 26.2 Å². The van der Waals surface area contributed by atoms with Crippen molar-refractivity contribution in [2.45, 2.75) is 84.4 Å². The zero-order valence-corrected chi connectivity index (χ0v) is 14.7. The fourth-order valence-corrected chi connectivity index (χ4v) is 4.05. The minimum absolute atomic E-state index is 0.474. The number of likely N-dealkylation sites (N-methyl/N-ethyl adjacent to an activating group) is 1. The summed E-state index contributed by atoms with van der Waals surface area (Å²) in [6.07, 6.45) is 8.18. The first-order valence-corrected chi connectivity index (χ1v) is 9.14. The van der Waals surface area contributed by atoms with Crippen LogP contribution in [0, 0.1) is 5.41 Å². The molecule has 1 N–H and O–H groups in total. The molecule has 0 radical (unpaired) electrons. The first-order chi connectivity index (χ1) is 10.1. The number of nitrogens with zero attached hydrogens (tertiary/aromatic N) is 1. The quantitative estimate of drug-likeness (QED) is 0.779. The van der Waals surface area contributed by atoms with Crippen LogP contribution in [0.1, 0.15) is 66.2 Å². The number of nitrogens with one attached hydrogen (secondary N) is 1. The van der Waals surface area contributed by atoms with Crippen molar-refractivity contribution in [3.63, 3.8) is 0 Å². The molecule has 0 aromatic heterocycles. The standard InChI is InChI=1S/C18H36N2O/c1-5-11-19-16-9-10-18(3,4)13-17(16)20(6-2)14-15-8-7-12-21-15/h15-17,19H,5-14H2,1-4H3. The lowest BCUT2D eigenvalue weighted by atomic mass is 9.72. The minimum Gasteiger partial charge on any atom is -0.377 e. The summed E-state index contributed by atoms with van der Waals surface area (Å²) >= 11 is 0. The first kappa shape index (κ1) is 17.2. The Hall–Kier alpha value is -0.120. The molecular formula is C18H36N2O. The van der Waals surface area contributed by atoms with E-state index in [1.54, 1.807) is 0 Å². The number of rotatable bonds is 7. The van der Waals surface area contributed by atoms with Gasteiger partial charge in [-0.15, -0.1) is 0 Å². The van der Waals surface area contributed by atoms with Crippen LogP contribution in [0.5, 0.6) is 0 Å². The van der Waals surface area contributed by atoms with E-state index in [0.29, 0.717) is 23.6 Å². The molecule has 3 atom stereocenters. The average molecular weight is 296 g/mol. The van der Waals surface area contributed by atoms with Gasteiger partial charge in [-0.1, -0.05) is 27.7 Å². The lowest BCUT2D eigenvalue weighted by Crippen LogP contribution is -2.56. The van der Waals surface area contributed by atoms with Crippen LogP contribution in [-0.2, 0) is 4.74 Å². The van der Waals surface area contributed by atoms with Crippen molar-refractivity contribution < 1.29 is 4.74 Å². The number of hydrogen-bond donors (Lipinski definition) is 1. The Bertz CT molecular complexity index is 300. The second-order valence-electron chi connectivity index (χ2n) is 7.76. The van der Waals surface area contributed by atoms with Crippen LogP contribution in [-0.4, -0.2) is 49.3 Å². The second kappa shape index (κ2) is 7.94. The van der Waals surface area contributed by atoms with Gasteiger partial charge in [-0.3, -0.25) is 4.90 Å². The predicted molar refractivity (Wildman–Crippen MR) is 89.7 cm³/mol. The fourth-order valence-electron chi connectivity index (χ4n) is 4.05. The molecule has 1 saturated heterocycles. The van der Waals surface area contributed by atoms with Gasteiger partial charge in [0.2, 0.25) is 0 Å². The van der Waals surface area contributed by atoms with E-state index in [0.717, 1.165) is 26.2 Å². The Labute approximate surface area is 131 Å². The zero-order chi connectivity index (χ0) is 15.3. The molecule has 2 aliphatic rings. The van der Waals surface area contributed by atoms with E-state index in [1.807, 2.05) is 0 Å². The molecule has 1 aliphatic carbocycles. The van der Waals surface area contributed by atoms with Crippen molar-refractivity contribution in [3.8, 4) is 0 Å². The average Bonchev–Trinajstić information content (AvgIpc) is 2.96. The van der Waals surface area contributed by atoms with Gasteiger partial charge in [0.1, 0.15) is 0 Å². The molecule has 3 nitrogen and oxygen atoms in total. The maximum absolute atomic E-state index is 5.88. The van der Waals surface area contributed by atoms with Gasteiger partial charge in [-0.2, -0.15) is 0 Å². The fraction of sp³-hybridized carbons (Fsp3) is 1.00. The lowest BCUT2D eigenvalue weighted by Gasteiger charge is -2.46. The second-order valence-corrected chi connectivity index (χ2v) is 7.76. The molecule has 124 valence electrons. The SMILES string of the molecule is CCCNC1CCC(C)(C)CC1N(CC)CC1CCCO1. The van der Waals surface area contributed by atoms with E-state index in [2.05, 4.69) is 37.9 Å². The van der Waals surface area contributed by atoms with Gasteiger partial charge < -0.3 is 10.1 Å². The van der Waals surface area contributed by atoms with Gasteiger partial charge in [0, 0.05) is 25.2 Å². The first-order valence-electron chi connectivity index (χ1n) is 9.14. The highest BCUT2D eigenvalue weighted by atomic mass is 16.5. The van der Waals surface area contributed by atoms with Crippen molar-refractivity contribution in [2.24, 2.45) is 5.41 Å². The van der Waals surface area contributed by atoms with Crippen LogP contribution < -0.4 is 5.32 Å². The maximum Gasteiger partial charge on any atom is 0.0702 e. The van der Waals surface area contributed by atoms with Gasteiger partial charge in [-0.05, 0) is 57.0 Å². The Morgan fingerprint density at radius 2 is 2.05 bits per heavy atom. The largest absolute Gasteiger partial charge is 0.377 e.